The van der Waals surface area contributed by atoms with Crippen molar-refractivity contribution in [3.05, 3.63) is 108 Å². The van der Waals surface area contributed by atoms with Gasteiger partial charge in [-0.2, -0.15) is 0 Å². The number of carbonyl (C=O) groups is 5. The van der Waals surface area contributed by atoms with E-state index in [9.17, 15) is 53.7 Å². The van der Waals surface area contributed by atoms with Gasteiger partial charge in [0.05, 0.1) is 5.92 Å². The van der Waals surface area contributed by atoms with Gasteiger partial charge in [0.1, 0.15) is 41.1 Å². The number of esters is 1. The van der Waals surface area contributed by atoms with Crippen molar-refractivity contribution in [1.82, 2.24) is 5.32 Å². The second kappa shape index (κ2) is 26.6. The number of amides is 1. The number of carbonyl (C=O) groups excluding carboxylic acids is 3. The van der Waals surface area contributed by atoms with Crippen molar-refractivity contribution in [3.8, 4) is 17.6 Å². The highest BCUT2D eigenvalue weighted by Crippen LogP contribution is 2.46. The summed E-state index contributed by atoms with van der Waals surface area (Å²) in [7, 11) is 0. The third-order valence-electron chi connectivity index (χ3n) is 11.9. The quantitative estimate of drug-likeness (QED) is 0.0188. The van der Waals surface area contributed by atoms with Gasteiger partial charge in [0, 0.05) is 32.1 Å². The molecule has 3 heterocycles. The Bertz CT molecular complexity index is 2600. The molecule has 3 atom stereocenters. The molecule has 0 aliphatic heterocycles. The van der Waals surface area contributed by atoms with E-state index >= 15 is 0 Å². The smallest absolute Gasteiger partial charge is 0.481 e. The van der Waals surface area contributed by atoms with Gasteiger partial charge in [0.15, 0.2) is 35.2 Å². The van der Waals surface area contributed by atoms with E-state index < -0.39 is 95.2 Å². The lowest BCUT2D eigenvalue weighted by atomic mass is 9.60. The molecule has 0 fully saturated rings. The number of ketones is 1. The van der Waals surface area contributed by atoms with E-state index in [-0.39, 0.29) is 48.3 Å². The second-order valence-corrected chi connectivity index (χ2v) is 16.9. The number of aryl methyl sites for hydroxylation is 3. The van der Waals surface area contributed by atoms with E-state index in [4.69, 9.17) is 36.0 Å². The van der Waals surface area contributed by atoms with Crippen LogP contribution in [0, 0.1) is 43.9 Å². The molecule has 380 valence electrons. The van der Waals surface area contributed by atoms with Crippen molar-refractivity contribution >= 4 is 29.6 Å². The van der Waals surface area contributed by atoms with Crippen molar-refractivity contribution in [2.75, 3.05) is 6.61 Å². The number of aliphatic hydroxyl groups is 1. The summed E-state index contributed by atoms with van der Waals surface area (Å²) >= 11 is 0. The molecule has 0 aliphatic carbocycles. The Morgan fingerprint density at radius 3 is 1.74 bits per heavy atom. The molecule has 20 heteroatoms. The van der Waals surface area contributed by atoms with Crippen LogP contribution >= 0.6 is 0 Å². The minimum atomic E-state index is -3.76. The molecule has 3 aromatic heterocycles. The normalized spacial score (nSPS) is 13.2. The second-order valence-electron chi connectivity index (χ2n) is 16.9. The van der Waals surface area contributed by atoms with Gasteiger partial charge in [-0.3, -0.25) is 14.4 Å². The van der Waals surface area contributed by atoms with Crippen LogP contribution < -0.4 is 27.5 Å². The molecule has 4 aromatic rings. The average molecular weight is 980 g/mol. The number of hydrogen-bond acceptors (Lipinski definition) is 17. The molecule has 1 aromatic carbocycles. The lowest BCUT2D eigenvalue weighted by molar-refractivity contribution is -0.199. The molecule has 1 amide bonds. The Hall–Kier alpha value is -7.14. The number of unbranched alkanes of at least 4 members (excludes halogenated alkanes) is 8. The Labute approximate surface area is 402 Å². The Morgan fingerprint density at radius 2 is 1.26 bits per heavy atom. The van der Waals surface area contributed by atoms with Crippen molar-refractivity contribution in [2.45, 2.75) is 149 Å². The van der Waals surface area contributed by atoms with Crippen LogP contribution in [0.4, 0.5) is 0 Å². The van der Waals surface area contributed by atoms with E-state index in [1.165, 1.54) is 26.8 Å². The van der Waals surface area contributed by atoms with Gasteiger partial charge < -0.3 is 56.6 Å². The van der Waals surface area contributed by atoms with Gasteiger partial charge in [-0.15, -0.1) is 5.92 Å². The van der Waals surface area contributed by atoms with Crippen molar-refractivity contribution in [1.29, 1.82) is 0 Å². The minimum absolute atomic E-state index is 0.00230. The first-order valence-electron chi connectivity index (χ1n) is 23.1. The van der Waals surface area contributed by atoms with E-state index in [0.29, 0.717) is 49.8 Å². The zero-order valence-electron chi connectivity index (χ0n) is 40.0. The van der Waals surface area contributed by atoms with Crippen LogP contribution in [-0.4, -0.2) is 63.2 Å². The highest BCUT2D eigenvalue weighted by molar-refractivity contribution is 5.97. The molecular formula is C50H61NO19. The summed E-state index contributed by atoms with van der Waals surface area (Å²) in [6, 6.07) is 4.56. The number of Topliss-reactive ketones (excluding diaryl/α,β-unsaturated/α-hetero) is 1. The summed E-state index contributed by atoms with van der Waals surface area (Å²) < 4.78 is 41.0. The van der Waals surface area contributed by atoms with Crippen molar-refractivity contribution < 1.29 is 75.3 Å². The summed E-state index contributed by atoms with van der Waals surface area (Å²) in [6.45, 7) is 7.02. The van der Waals surface area contributed by atoms with Gasteiger partial charge >= 0.3 is 35.4 Å². The predicted octanol–water partition coefficient (Wildman–Crippen LogP) is 6.24. The molecular weight excluding hydrogens is 919 g/mol. The van der Waals surface area contributed by atoms with Crippen LogP contribution in [0.3, 0.4) is 0 Å². The van der Waals surface area contributed by atoms with Crippen molar-refractivity contribution in [2.24, 2.45) is 11.3 Å². The number of ether oxygens (including phenoxy) is 2. The SMILES string of the molecule is CC#CCOc1ccc(C[C@H](NC(=O)[C@@H](C=CCCCCCCC(=O)CCCCCCC)[C@@](O)(C(=O)O)C(Cc2oc(=O)oc2C)(Cc2oc(=O)oc2C)C(=O)O)C(=O)OCc2oc(=O)oc2C)cc1. The highest BCUT2D eigenvalue weighted by atomic mass is 16.6. The van der Waals surface area contributed by atoms with Gasteiger partial charge in [-0.25, -0.2) is 24.0 Å². The summed E-state index contributed by atoms with van der Waals surface area (Å²) in [5.41, 5.74) is -6.51. The number of nitrogens with one attached hydrogen (secondary N) is 1. The molecule has 4 N–H and O–H groups in total. The molecule has 0 unspecified atom stereocenters. The van der Waals surface area contributed by atoms with Crippen LogP contribution in [-0.2, 0) is 54.6 Å². The molecule has 0 radical (unpaired) electrons. The number of rotatable bonds is 31. The molecule has 0 aliphatic rings. The maximum absolute atomic E-state index is 14.9. The fourth-order valence-corrected chi connectivity index (χ4v) is 7.89. The summed E-state index contributed by atoms with van der Waals surface area (Å²) in [5.74, 6) is -8.60. The minimum Gasteiger partial charge on any atom is -0.481 e. The Morgan fingerprint density at radius 1 is 0.729 bits per heavy atom. The van der Waals surface area contributed by atoms with Crippen LogP contribution in [0.15, 0.2) is 77.3 Å². The number of aliphatic carboxylic acids is 2. The topological polar surface area (TPSA) is 307 Å². The Balaban J connectivity index is 1.76. The molecule has 70 heavy (non-hydrogen) atoms. The number of allylic oxidation sites excluding steroid dienone is 1. The molecule has 0 saturated heterocycles. The third-order valence-corrected chi connectivity index (χ3v) is 11.9. The summed E-state index contributed by atoms with van der Waals surface area (Å²) in [4.78, 5) is 105. The van der Waals surface area contributed by atoms with Gasteiger partial charge in [-0.05, 0) is 71.1 Å². The predicted molar refractivity (Wildman–Crippen MR) is 246 cm³/mol. The standard InChI is InChI=1S/C50H61NO19/c1-6-8-10-13-16-19-35(52)20-17-14-11-12-15-18-21-37(50(62,45(57)58)49(44(55)56,28-39-31(3)65-46(59)68-39)29-40-32(4)66-47(60)69-40)42(53)51-38(43(54)64-30-41-33(5)67-48(61)70-41)27-34-22-24-36(25-23-34)63-26-9-7-2/h18,21-25,37-38,62H,6,8,10-17,19-20,26-30H2,1-5H3,(H,51,53)(H,55,56)(H,57,58)/t37-,38+,50-/m1/s1. The van der Waals surface area contributed by atoms with E-state index in [1.54, 1.807) is 31.2 Å². The number of hydrogen-bond donors (Lipinski definition) is 4. The highest BCUT2D eigenvalue weighted by Gasteiger charge is 2.67. The maximum atomic E-state index is 14.9. The molecule has 0 bridgehead atoms. The first kappa shape index (κ1) is 55.5. The molecule has 0 spiro atoms. The largest absolute Gasteiger partial charge is 0.519 e. The fraction of sp³-hybridized carbons (Fsp3) is 0.520. The summed E-state index contributed by atoms with van der Waals surface area (Å²) in [5, 5.41) is 37.7. The van der Waals surface area contributed by atoms with Gasteiger partial charge in [-0.1, -0.05) is 75.7 Å². The Kier molecular flexibility index (Phi) is 21.1. The molecule has 4 rings (SSSR count). The zero-order chi connectivity index (χ0) is 51.4. The first-order chi connectivity index (χ1) is 33.3. The first-order valence-corrected chi connectivity index (χ1v) is 23.1. The van der Waals surface area contributed by atoms with Gasteiger partial charge in [0.25, 0.3) is 0 Å². The van der Waals surface area contributed by atoms with E-state index in [2.05, 4.69) is 24.1 Å². The van der Waals surface area contributed by atoms with Crippen LogP contribution in [0.1, 0.15) is 131 Å². The van der Waals surface area contributed by atoms with E-state index in [0.717, 1.165) is 38.2 Å². The van der Waals surface area contributed by atoms with Crippen LogP contribution in [0.5, 0.6) is 5.75 Å². The third kappa shape index (κ3) is 15.2. The maximum Gasteiger partial charge on any atom is 0.519 e. The summed E-state index contributed by atoms with van der Waals surface area (Å²) in [6.07, 6.45) is 8.48. The lowest BCUT2D eigenvalue weighted by Crippen LogP contribution is -2.67. The molecule has 20 nitrogen and oxygen atoms in total. The van der Waals surface area contributed by atoms with Crippen LogP contribution in [0.25, 0.3) is 0 Å². The fourth-order valence-electron chi connectivity index (χ4n) is 7.89. The average Bonchev–Trinajstić information content (AvgIpc) is 3.94. The number of carboxylic acids is 2. The lowest BCUT2D eigenvalue weighted by Gasteiger charge is -2.43. The monoisotopic (exact) mass is 979 g/mol. The van der Waals surface area contributed by atoms with Crippen LogP contribution in [0.2, 0.25) is 0 Å². The number of benzene rings is 1. The van der Waals surface area contributed by atoms with Gasteiger partial charge in [0.2, 0.25) is 5.91 Å². The van der Waals surface area contributed by atoms with E-state index in [1.807, 2.05) is 0 Å². The zero-order valence-corrected chi connectivity index (χ0v) is 40.0. The molecule has 0 saturated carbocycles. The van der Waals surface area contributed by atoms with Crippen molar-refractivity contribution in [3.63, 3.8) is 0 Å². The number of carboxylic acid groups (broad SMARTS) is 2.